The van der Waals surface area contributed by atoms with E-state index in [1.54, 1.807) is 0 Å². The molecule has 0 aromatic rings. The van der Waals surface area contributed by atoms with Crippen LogP contribution in [0.15, 0.2) is 0 Å². The minimum atomic E-state index is -4.39. The monoisotopic (exact) mass is 1270 g/mol. The number of phosphoric acid groups is 1. The van der Waals surface area contributed by atoms with E-state index < -0.39 is 26.5 Å². The fourth-order valence-electron chi connectivity index (χ4n) is 12.6. The van der Waals surface area contributed by atoms with Crippen molar-refractivity contribution in [2.24, 2.45) is 0 Å². The van der Waals surface area contributed by atoms with Gasteiger partial charge in [0.25, 0.3) is 0 Å². The van der Waals surface area contributed by atoms with Crippen molar-refractivity contribution in [3.63, 3.8) is 0 Å². The van der Waals surface area contributed by atoms with Gasteiger partial charge in [0.05, 0.1) is 27.7 Å². The molecule has 0 aliphatic rings. The SMILES string of the molecule is CCCCCCCCCCCCCCCCCCCCCCCCCCCCCCCCCCCCCCCCC(=O)OC(COC(=O)CCCCCCCCCCCCCCCCCCCCCCCCCCCC)COP(=O)(O)OCC[N+](C)(C)C. The van der Waals surface area contributed by atoms with Crippen LogP contribution in [0.25, 0.3) is 0 Å². The third-order valence-electron chi connectivity index (χ3n) is 18.6. The predicted octanol–water partition coefficient (Wildman–Crippen LogP) is 26.1. The van der Waals surface area contributed by atoms with Crippen LogP contribution in [0, 0.1) is 0 Å². The zero-order chi connectivity index (χ0) is 64.1. The molecule has 10 heteroatoms. The van der Waals surface area contributed by atoms with Crippen LogP contribution < -0.4 is 0 Å². The van der Waals surface area contributed by atoms with Crippen LogP contribution in [0.3, 0.4) is 0 Å². The van der Waals surface area contributed by atoms with Crippen LogP contribution in [0.5, 0.6) is 0 Å². The average Bonchev–Trinajstić information content (AvgIpc) is 3.62. The molecular formula is C78H157NO8P+. The Morgan fingerprint density at radius 1 is 0.307 bits per heavy atom. The summed E-state index contributed by atoms with van der Waals surface area (Å²) in [6.07, 6.45) is 86.9. The molecule has 0 aliphatic carbocycles. The fraction of sp³-hybridized carbons (Fsp3) is 0.974. The molecule has 0 heterocycles. The standard InChI is InChI=1S/C78H156NO8P/c1-6-8-10-12-14-16-18-20-22-24-26-28-30-32-34-35-36-37-38-39-40-41-42-43-44-45-47-49-51-53-55-57-59-61-63-65-67-69-71-78(81)87-76(75-86-88(82,83)85-73-72-79(3,4)5)74-84-77(80)70-68-66-64-62-60-58-56-54-52-50-48-46-33-31-29-27-25-23-21-19-17-15-13-11-9-7-2/h76H,6-75H2,1-5H3/p+1. The van der Waals surface area contributed by atoms with E-state index in [1.165, 1.54) is 372 Å². The van der Waals surface area contributed by atoms with E-state index in [0.717, 1.165) is 38.5 Å². The summed E-state index contributed by atoms with van der Waals surface area (Å²) >= 11 is 0. The first-order chi connectivity index (χ1) is 43.0. The molecule has 2 unspecified atom stereocenters. The van der Waals surface area contributed by atoms with Crippen LogP contribution >= 0.6 is 7.82 Å². The highest BCUT2D eigenvalue weighted by Gasteiger charge is 2.27. The smallest absolute Gasteiger partial charge is 0.462 e. The average molecular weight is 1270 g/mol. The molecule has 0 spiro atoms. The maximum atomic E-state index is 12.9. The minimum Gasteiger partial charge on any atom is -0.462 e. The number of ether oxygens (including phenoxy) is 2. The predicted molar refractivity (Wildman–Crippen MR) is 382 cm³/mol. The van der Waals surface area contributed by atoms with Crippen molar-refractivity contribution in [1.29, 1.82) is 0 Å². The molecule has 9 nitrogen and oxygen atoms in total. The van der Waals surface area contributed by atoms with E-state index in [4.69, 9.17) is 18.5 Å². The van der Waals surface area contributed by atoms with Crippen molar-refractivity contribution < 1.29 is 42.1 Å². The Bertz CT molecular complexity index is 1440. The van der Waals surface area contributed by atoms with Crippen molar-refractivity contribution in [3.05, 3.63) is 0 Å². The number of hydrogen-bond donors (Lipinski definition) is 1. The Morgan fingerprint density at radius 2 is 0.511 bits per heavy atom. The lowest BCUT2D eigenvalue weighted by Gasteiger charge is -2.24. The van der Waals surface area contributed by atoms with Gasteiger partial charge in [-0.25, -0.2) is 4.57 Å². The number of likely N-dealkylation sites (N-methyl/N-ethyl adjacent to an activating group) is 1. The van der Waals surface area contributed by atoms with E-state index in [0.29, 0.717) is 17.4 Å². The van der Waals surface area contributed by atoms with Gasteiger partial charge < -0.3 is 18.9 Å². The summed E-state index contributed by atoms with van der Waals surface area (Å²) < 4.78 is 34.8. The Morgan fingerprint density at radius 3 is 0.727 bits per heavy atom. The van der Waals surface area contributed by atoms with E-state index in [2.05, 4.69) is 13.8 Å². The molecule has 0 bridgehead atoms. The van der Waals surface area contributed by atoms with Gasteiger partial charge in [-0.05, 0) is 12.8 Å². The number of nitrogens with zero attached hydrogens (tertiary/aromatic N) is 1. The van der Waals surface area contributed by atoms with Crippen LogP contribution in [0.2, 0.25) is 0 Å². The molecule has 0 aliphatic heterocycles. The van der Waals surface area contributed by atoms with Gasteiger partial charge in [0.2, 0.25) is 0 Å². The molecule has 0 aromatic carbocycles. The van der Waals surface area contributed by atoms with Gasteiger partial charge >= 0.3 is 19.8 Å². The van der Waals surface area contributed by atoms with Gasteiger partial charge in [-0.3, -0.25) is 18.6 Å². The van der Waals surface area contributed by atoms with E-state index in [-0.39, 0.29) is 25.6 Å². The number of phosphoric ester groups is 1. The lowest BCUT2D eigenvalue weighted by molar-refractivity contribution is -0.870. The minimum absolute atomic E-state index is 0.0378. The topological polar surface area (TPSA) is 108 Å². The first-order valence-corrected chi connectivity index (χ1v) is 41.3. The molecule has 88 heavy (non-hydrogen) atoms. The normalized spacial score (nSPS) is 12.9. The summed E-state index contributed by atoms with van der Waals surface area (Å²) in [5, 5.41) is 0. The Labute approximate surface area is 550 Å². The van der Waals surface area contributed by atoms with Crippen molar-refractivity contribution >= 4 is 19.8 Å². The van der Waals surface area contributed by atoms with E-state index >= 15 is 0 Å². The van der Waals surface area contributed by atoms with Crippen LogP contribution in [-0.2, 0) is 32.7 Å². The van der Waals surface area contributed by atoms with Crippen molar-refractivity contribution in [1.82, 2.24) is 0 Å². The van der Waals surface area contributed by atoms with Crippen LogP contribution in [0.1, 0.15) is 438 Å². The summed E-state index contributed by atoms with van der Waals surface area (Å²) in [4.78, 5) is 35.9. The third-order valence-corrected chi connectivity index (χ3v) is 19.6. The number of carbonyl (C=O) groups excluding carboxylic acids is 2. The molecule has 0 saturated heterocycles. The Balaban J connectivity index is 3.87. The Kier molecular flexibility index (Phi) is 69.5. The second-order valence-electron chi connectivity index (χ2n) is 28.8. The van der Waals surface area contributed by atoms with Gasteiger partial charge in [0.15, 0.2) is 6.10 Å². The second kappa shape index (κ2) is 70.3. The highest BCUT2D eigenvalue weighted by molar-refractivity contribution is 7.47. The molecule has 0 aromatic heterocycles. The van der Waals surface area contributed by atoms with Crippen LogP contribution in [0.4, 0.5) is 0 Å². The second-order valence-corrected chi connectivity index (χ2v) is 30.3. The summed E-state index contributed by atoms with van der Waals surface area (Å²) in [5.41, 5.74) is 0. The number of unbranched alkanes of at least 4 members (excludes halogenated alkanes) is 62. The maximum absolute atomic E-state index is 12.9. The molecule has 0 radical (unpaired) electrons. The highest BCUT2D eigenvalue weighted by Crippen LogP contribution is 2.43. The molecule has 0 fully saturated rings. The van der Waals surface area contributed by atoms with E-state index in [9.17, 15) is 19.0 Å². The molecular weight excluding hydrogens is 1110 g/mol. The van der Waals surface area contributed by atoms with Crippen molar-refractivity contribution in [2.75, 3.05) is 47.5 Å². The number of esters is 2. The van der Waals surface area contributed by atoms with Gasteiger partial charge in [-0.15, -0.1) is 0 Å². The first kappa shape index (κ1) is 87.0. The summed E-state index contributed by atoms with van der Waals surface area (Å²) in [6, 6.07) is 0. The van der Waals surface area contributed by atoms with Crippen molar-refractivity contribution in [2.45, 2.75) is 444 Å². The molecule has 1 N–H and O–H groups in total. The van der Waals surface area contributed by atoms with Gasteiger partial charge in [-0.2, -0.15) is 0 Å². The largest absolute Gasteiger partial charge is 0.472 e. The van der Waals surface area contributed by atoms with Gasteiger partial charge in [-0.1, -0.05) is 412 Å². The lowest BCUT2D eigenvalue weighted by Crippen LogP contribution is -2.37. The van der Waals surface area contributed by atoms with Gasteiger partial charge in [0, 0.05) is 12.8 Å². The molecule has 0 amide bonds. The number of quaternary nitrogens is 1. The van der Waals surface area contributed by atoms with Gasteiger partial charge in [0.1, 0.15) is 19.8 Å². The zero-order valence-corrected chi connectivity index (χ0v) is 61.2. The Hall–Kier alpha value is -0.990. The number of rotatable bonds is 76. The van der Waals surface area contributed by atoms with Crippen molar-refractivity contribution in [3.8, 4) is 0 Å². The number of hydrogen-bond acceptors (Lipinski definition) is 7. The summed E-state index contributed by atoms with van der Waals surface area (Å²) in [5.74, 6) is -0.765. The van der Waals surface area contributed by atoms with Crippen LogP contribution in [-0.4, -0.2) is 74.9 Å². The quantitative estimate of drug-likeness (QED) is 0.0278. The third kappa shape index (κ3) is 74.1. The molecule has 0 saturated carbocycles. The summed E-state index contributed by atoms with van der Waals surface area (Å²) in [6.45, 7) is 4.54. The highest BCUT2D eigenvalue weighted by atomic mass is 31.2. The molecule has 2 atom stereocenters. The maximum Gasteiger partial charge on any atom is 0.472 e. The summed E-state index contributed by atoms with van der Waals surface area (Å²) in [7, 11) is 1.51. The molecule has 0 rings (SSSR count). The fourth-order valence-corrected chi connectivity index (χ4v) is 13.3. The van der Waals surface area contributed by atoms with E-state index in [1.807, 2.05) is 21.1 Å². The lowest BCUT2D eigenvalue weighted by atomic mass is 10.0. The molecule has 526 valence electrons. The zero-order valence-electron chi connectivity index (χ0n) is 60.3. The first-order valence-electron chi connectivity index (χ1n) is 39.8. The number of carbonyl (C=O) groups is 2.